The molecule has 0 spiro atoms. The van der Waals surface area contributed by atoms with Crippen molar-refractivity contribution in [3.05, 3.63) is 59.0 Å². The molecule has 0 aliphatic heterocycles. The Hall–Kier alpha value is -2.89. The van der Waals surface area contributed by atoms with E-state index in [1.807, 2.05) is 30.9 Å². The first kappa shape index (κ1) is 17.9. The molecule has 0 aliphatic carbocycles. The molecule has 2 N–H and O–H groups in total. The van der Waals surface area contributed by atoms with Crippen molar-refractivity contribution in [3.8, 4) is 0 Å². The molecule has 0 bridgehead atoms. The zero-order chi connectivity index (χ0) is 18.5. The van der Waals surface area contributed by atoms with Crippen LogP contribution in [0.2, 0.25) is 0 Å². The Bertz CT molecular complexity index is 920. The fourth-order valence-corrected chi connectivity index (χ4v) is 3.05. The van der Waals surface area contributed by atoms with Crippen LogP contribution < -0.4 is 10.6 Å². The number of aliphatic imine (C=N–C) groups is 1. The van der Waals surface area contributed by atoms with Gasteiger partial charge in [-0.2, -0.15) is 5.10 Å². The Morgan fingerprint density at radius 2 is 1.96 bits per heavy atom. The summed E-state index contributed by atoms with van der Waals surface area (Å²) in [5, 5.41) is 12.3. The van der Waals surface area contributed by atoms with E-state index in [4.69, 9.17) is 4.99 Å². The number of hydrogen-bond acceptors (Lipinski definition) is 3. The number of benzene rings is 1. The normalized spacial score (nSPS) is 11.8. The summed E-state index contributed by atoms with van der Waals surface area (Å²) in [4.78, 5) is 9.25. The van der Waals surface area contributed by atoms with E-state index in [1.165, 1.54) is 11.3 Å². The fourth-order valence-electron chi connectivity index (χ4n) is 3.05. The van der Waals surface area contributed by atoms with Gasteiger partial charge in [0.2, 0.25) is 0 Å². The summed E-state index contributed by atoms with van der Waals surface area (Å²) in [7, 11) is 1.97. The summed E-state index contributed by atoms with van der Waals surface area (Å²) >= 11 is 0. The molecule has 0 atom stereocenters. The molecule has 136 valence electrons. The van der Waals surface area contributed by atoms with E-state index in [0.29, 0.717) is 13.1 Å². The number of pyridine rings is 1. The first-order chi connectivity index (χ1) is 12.6. The quantitative estimate of drug-likeness (QED) is 0.548. The molecule has 0 unspecified atom stereocenters. The summed E-state index contributed by atoms with van der Waals surface area (Å²) in [5.74, 6) is 0.795. The predicted octanol–water partition coefficient (Wildman–Crippen LogP) is 2.84. The second kappa shape index (κ2) is 7.99. The molecule has 6 nitrogen and oxygen atoms in total. The van der Waals surface area contributed by atoms with Gasteiger partial charge in [0.1, 0.15) is 0 Å². The molecular weight excluding hydrogens is 324 g/mol. The number of hydrogen-bond donors (Lipinski definition) is 2. The first-order valence-electron chi connectivity index (χ1n) is 8.94. The second-order valence-electron chi connectivity index (χ2n) is 6.31. The predicted molar refractivity (Wildman–Crippen MR) is 106 cm³/mol. The van der Waals surface area contributed by atoms with Gasteiger partial charge >= 0.3 is 0 Å². The summed E-state index contributed by atoms with van der Waals surface area (Å²) in [5.41, 5.74) is 5.56. The van der Waals surface area contributed by atoms with E-state index in [2.05, 4.69) is 58.8 Å². The average Bonchev–Trinajstić information content (AvgIpc) is 2.89. The molecule has 6 heteroatoms. The molecule has 0 saturated heterocycles. The number of aryl methyl sites for hydroxylation is 2. The van der Waals surface area contributed by atoms with Gasteiger partial charge in [0.05, 0.1) is 17.8 Å². The van der Waals surface area contributed by atoms with Crippen molar-refractivity contribution in [2.45, 2.75) is 33.9 Å². The Kier molecular flexibility index (Phi) is 5.51. The monoisotopic (exact) mass is 350 g/mol. The van der Waals surface area contributed by atoms with Gasteiger partial charge in [0.25, 0.3) is 0 Å². The highest BCUT2D eigenvalue weighted by molar-refractivity contribution is 5.83. The highest BCUT2D eigenvalue weighted by Crippen LogP contribution is 2.16. The number of aromatic nitrogens is 3. The van der Waals surface area contributed by atoms with Crippen molar-refractivity contribution < 1.29 is 0 Å². The topological polar surface area (TPSA) is 67.1 Å². The van der Waals surface area contributed by atoms with Crippen LogP contribution in [0.3, 0.4) is 0 Å². The molecule has 3 rings (SSSR count). The number of para-hydroxylation sites is 1. The highest BCUT2D eigenvalue weighted by atomic mass is 15.3. The van der Waals surface area contributed by atoms with Crippen LogP contribution in [0, 0.1) is 13.8 Å². The van der Waals surface area contributed by atoms with E-state index in [9.17, 15) is 0 Å². The van der Waals surface area contributed by atoms with Gasteiger partial charge in [0, 0.05) is 43.0 Å². The van der Waals surface area contributed by atoms with Crippen LogP contribution in [0.1, 0.15) is 29.4 Å². The fraction of sp³-hybridized carbons (Fsp3) is 0.350. The first-order valence-corrected chi connectivity index (χ1v) is 8.94. The number of rotatable bonds is 5. The lowest BCUT2D eigenvalue weighted by molar-refractivity contribution is 0.728. The number of nitrogens with one attached hydrogen (secondary N) is 2. The van der Waals surface area contributed by atoms with Crippen LogP contribution in [0.15, 0.2) is 41.5 Å². The standard InChI is InChI=1S/C20H26N6/c1-5-21-20(24-13-18-14(2)25-26(4)15(18)3)23-12-17-9-6-8-16-10-7-11-22-19(16)17/h6-11H,5,12-13H2,1-4H3,(H2,21,23,24). The van der Waals surface area contributed by atoms with Crippen molar-refractivity contribution >= 4 is 16.9 Å². The molecule has 0 fully saturated rings. The third kappa shape index (κ3) is 3.85. The SMILES string of the molecule is CCNC(=NCc1cccc2cccnc12)NCc1c(C)nn(C)c1C. The maximum atomic E-state index is 4.74. The summed E-state index contributed by atoms with van der Waals surface area (Å²) in [6, 6.07) is 10.2. The lowest BCUT2D eigenvalue weighted by atomic mass is 10.1. The molecule has 0 aliphatic rings. The van der Waals surface area contributed by atoms with E-state index < -0.39 is 0 Å². The third-order valence-electron chi connectivity index (χ3n) is 4.56. The van der Waals surface area contributed by atoms with Gasteiger partial charge in [-0.05, 0) is 32.4 Å². The summed E-state index contributed by atoms with van der Waals surface area (Å²) < 4.78 is 1.91. The van der Waals surface area contributed by atoms with Crippen molar-refractivity contribution in [1.29, 1.82) is 0 Å². The van der Waals surface area contributed by atoms with Gasteiger partial charge in [-0.3, -0.25) is 9.67 Å². The minimum Gasteiger partial charge on any atom is -0.357 e. The molecule has 0 amide bonds. The van der Waals surface area contributed by atoms with Crippen LogP contribution in [0.4, 0.5) is 0 Å². The molecule has 26 heavy (non-hydrogen) atoms. The molecule has 1 aromatic carbocycles. The zero-order valence-corrected chi connectivity index (χ0v) is 15.9. The van der Waals surface area contributed by atoms with E-state index in [-0.39, 0.29) is 0 Å². The molecule has 3 aromatic rings. The molecule has 0 saturated carbocycles. The zero-order valence-electron chi connectivity index (χ0n) is 15.9. The average molecular weight is 350 g/mol. The van der Waals surface area contributed by atoms with E-state index in [1.54, 1.807) is 0 Å². The van der Waals surface area contributed by atoms with Gasteiger partial charge in [-0.15, -0.1) is 0 Å². The van der Waals surface area contributed by atoms with Crippen molar-refractivity contribution in [2.75, 3.05) is 6.54 Å². The lowest BCUT2D eigenvalue weighted by Crippen LogP contribution is -2.37. The van der Waals surface area contributed by atoms with Crippen LogP contribution in [-0.4, -0.2) is 27.3 Å². The number of nitrogens with zero attached hydrogens (tertiary/aromatic N) is 4. The highest BCUT2D eigenvalue weighted by Gasteiger charge is 2.10. The van der Waals surface area contributed by atoms with Gasteiger partial charge in [0.15, 0.2) is 5.96 Å². The van der Waals surface area contributed by atoms with E-state index >= 15 is 0 Å². The van der Waals surface area contributed by atoms with Gasteiger partial charge < -0.3 is 10.6 Å². The Morgan fingerprint density at radius 3 is 2.69 bits per heavy atom. The maximum absolute atomic E-state index is 4.74. The Labute approximate surface area is 154 Å². The summed E-state index contributed by atoms with van der Waals surface area (Å²) in [6.07, 6.45) is 1.83. The molecular formula is C20H26N6. The molecule has 0 radical (unpaired) electrons. The van der Waals surface area contributed by atoms with Crippen molar-refractivity contribution in [2.24, 2.45) is 12.0 Å². The van der Waals surface area contributed by atoms with Crippen LogP contribution in [0.25, 0.3) is 10.9 Å². The minimum absolute atomic E-state index is 0.578. The smallest absolute Gasteiger partial charge is 0.191 e. The molecule has 2 aromatic heterocycles. The summed E-state index contributed by atoms with van der Waals surface area (Å²) in [6.45, 7) is 8.28. The Balaban J connectivity index is 1.76. The lowest BCUT2D eigenvalue weighted by Gasteiger charge is -2.12. The largest absolute Gasteiger partial charge is 0.357 e. The van der Waals surface area contributed by atoms with Crippen molar-refractivity contribution in [3.63, 3.8) is 0 Å². The van der Waals surface area contributed by atoms with Gasteiger partial charge in [-0.1, -0.05) is 24.3 Å². The van der Waals surface area contributed by atoms with Crippen molar-refractivity contribution in [1.82, 2.24) is 25.4 Å². The molecule has 2 heterocycles. The van der Waals surface area contributed by atoms with Gasteiger partial charge in [-0.25, -0.2) is 4.99 Å². The Morgan fingerprint density at radius 1 is 1.15 bits per heavy atom. The van der Waals surface area contributed by atoms with Crippen LogP contribution in [0.5, 0.6) is 0 Å². The van der Waals surface area contributed by atoms with E-state index in [0.717, 1.165) is 34.7 Å². The van der Waals surface area contributed by atoms with Crippen LogP contribution >= 0.6 is 0 Å². The van der Waals surface area contributed by atoms with Crippen LogP contribution in [-0.2, 0) is 20.1 Å². The number of guanidine groups is 1. The minimum atomic E-state index is 0.578. The third-order valence-corrected chi connectivity index (χ3v) is 4.56. The maximum Gasteiger partial charge on any atom is 0.191 e. The second-order valence-corrected chi connectivity index (χ2v) is 6.31. The number of fused-ring (bicyclic) bond motifs is 1.